The average Bonchev–Trinajstić information content (AvgIpc) is 2.44. The smallest absolute Gasteiger partial charge is 0.305 e. The summed E-state index contributed by atoms with van der Waals surface area (Å²) in [5, 5.41) is 9.73. The van der Waals surface area contributed by atoms with Crippen LogP contribution in [0.3, 0.4) is 0 Å². The molecule has 1 rings (SSSR count). The van der Waals surface area contributed by atoms with Crippen LogP contribution in [-0.2, 0) is 9.53 Å². The van der Waals surface area contributed by atoms with E-state index in [1.165, 1.54) is 0 Å². The first-order valence-corrected chi connectivity index (χ1v) is 8.09. The second-order valence-corrected chi connectivity index (χ2v) is 5.74. The fraction of sp³-hybridized carbons (Fsp3) is 0.562. The predicted octanol–water partition coefficient (Wildman–Crippen LogP) is 4.00. The Morgan fingerprint density at radius 3 is 2.76 bits per heavy atom. The van der Waals surface area contributed by atoms with Crippen molar-refractivity contribution in [3.63, 3.8) is 0 Å². The number of halogens is 1. The molecule has 0 aliphatic carbocycles. The minimum absolute atomic E-state index is 0.136. The fourth-order valence-corrected chi connectivity index (χ4v) is 2.32. The molecule has 0 fully saturated rings. The Morgan fingerprint density at radius 2 is 2.10 bits per heavy atom. The maximum atomic E-state index is 11.2. The zero-order valence-electron chi connectivity index (χ0n) is 12.6. The zero-order valence-corrected chi connectivity index (χ0v) is 14.2. The van der Waals surface area contributed by atoms with Crippen molar-refractivity contribution in [1.29, 1.82) is 0 Å². The van der Waals surface area contributed by atoms with E-state index in [0.717, 1.165) is 29.3 Å². The first-order chi connectivity index (χ1) is 10.0. The van der Waals surface area contributed by atoms with Crippen LogP contribution in [0.25, 0.3) is 0 Å². The Balaban J connectivity index is 2.28. The summed E-state index contributed by atoms with van der Waals surface area (Å²) in [6, 6.07) is 5.60. The van der Waals surface area contributed by atoms with Gasteiger partial charge in [-0.15, -0.1) is 0 Å². The summed E-state index contributed by atoms with van der Waals surface area (Å²) < 4.78 is 11.5. The minimum atomic E-state index is -0.568. The number of aliphatic hydroxyl groups excluding tert-OH is 1. The topological polar surface area (TPSA) is 55.8 Å². The lowest BCUT2D eigenvalue weighted by Gasteiger charge is -2.13. The molecule has 0 aliphatic heterocycles. The Morgan fingerprint density at radius 1 is 1.33 bits per heavy atom. The number of benzene rings is 1. The van der Waals surface area contributed by atoms with Crippen molar-refractivity contribution in [1.82, 2.24) is 0 Å². The summed E-state index contributed by atoms with van der Waals surface area (Å²) in [7, 11) is 0. The molecule has 5 heteroatoms. The van der Waals surface area contributed by atoms with Gasteiger partial charge < -0.3 is 14.6 Å². The maximum absolute atomic E-state index is 11.2. The molecule has 0 saturated carbocycles. The Kier molecular flexibility index (Phi) is 8.38. The maximum Gasteiger partial charge on any atom is 0.305 e. The molecule has 1 aromatic rings. The van der Waals surface area contributed by atoms with Gasteiger partial charge in [0.1, 0.15) is 5.75 Å². The number of esters is 1. The quantitative estimate of drug-likeness (QED) is 0.535. The third kappa shape index (κ3) is 6.96. The van der Waals surface area contributed by atoms with Gasteiger partial charge >= 0.3 is 5.97 Å². The molecular formula is C16H23BrO4. The van der Waals surface area contributed by atoms with Crippen LogP contribution in [0.1, 0.15) is 51.2 Å². The second kappa shape index (κ2) is 9.79. The van der Waals surface area contributed by atoms with E-state index in [-0.39, 0.29) is 5.97 Å². The Hall–Kier alpha value is -1.07. The number of aliphatic hydroxyl groups is 1. The average molecular weight is 359 g/mol. The first kappa shape index (κ1) is 18.0. The standard InChI is InChI=1S/C16H23BrO4/c1-3-20-16(19)7-5-4-6-10-21-15-9-8-13(17)11-14(15)12(2)18/h8-9,11-12,18H,3-7,10H2,1-2H3/t12-/m0/s1. The van der Waals surface area contributed by atoms with Crippen LogP contribution in [0.4, 0.5) is 0 Å². The van der Waals surface area contributed by atoms with Crippen molar-refractivity contribution in [2.75, 3.05) is 13.2 Å². The van der Waals surface area contributed by atoms with E-state index in [0.29, 0.717) is 25.4 Å². The van der Waals surface area contributed by atoms with Crippen LogP contribution in [0.5, 0.6) is 5.75 Å². The van der Waals surface area contributed by atoms with E-state index < -0.39 is 6.10 Å². The van der Waals surface area contributed by atoms with Crippen molar-refractivity contribution in [3.8, 4) is 5.75 Å². The number of ether oxygens (including phenoxy) is 2. The van der Waals surface area contributed by atoms with Gasteiger partial charge in [-0.05, 0) is 51.3 Å². The number of unbranched alkanes of at least 4 members (excludes halogenated alkanes) is 2. The van der Waals surface area contributed by atoms with Gasteiger partial charge in [0.15, 0.2) is 0 Å². The molecule has 0 radical (unpaired) electrons. The molecule has 0 unspecified atom stereocenters. The highest BCUT2D eigenvalue weighted by molar-refractivity contribution is 9.10. The zero-order chi connectivity index (χ0) is 15.7. The molecule has 0 saturated heterocycles. The van der Waals surface area contributed by atoms with Crippen LogP contribution in [0, 0.1) is 0 Å². The minimum Gasteiger partial charge on any atom is -0.493 e. The SMILES string of the molecule is CCOC(=O)CCCCCOc1ccc(Br)cc1[C@H](C)O. The van der Waals surface area contributed by atoms with Crippen LogP contribution in [0.15, 0.2) is 22.7 Å². The van der Waals surface area contributed by atoms with Gasteiger partial charge in [-0.1, -0.05) is 15.9 Å². The van der Waals surface area contributed by atoms with Gasteiger partial charge in [0.2, 0.25) is 0 Å². The van der Waals surface area contributed by atoms with E-state index in [1.54, 1.807) is 6.92 Å². The van der Waals surface area contributed by atoms with E-state index in [9.17, 15) is 9.90 Å². The number of rotatable bonds is 9. The molecule has 118 valence electrons. The summed E-state index contributed by atoms with van der Waals surface area (Å²) >= 11 is 3.38. The largest absolute Gasteiger partial charge is 0.493 e. The van der Waals surface area contributed by atoms with Crippen molar-refractivity contribution in [2.45, 2.75) is 45.6 Å². The van der Waals surface area contributed by atoms with Crippen molar-refractivity contribution in [2.24, 2.45) is 0 Å². The van der Waals surface area contributed by atoms with Crippen molar-refractivity contribution < 1.29 is 19.4 Å². The van der Waals surface area contributed by atoms with Crippen LogP contribution in [0.2, 0.25) is 0 Å². The highest BCUT2D eigenvalue weighted by atomic mass is 79.9. The van der Waals surface area contributed by atoms with E-state index in [4.69, 9.17) is 9.47 Å². The molecule has 0 spiro atoms. The molecule has 0 aromatic heterocycles. The van der Waals surface area contributed by atoms with Crippen LogP contribution >= 0.6 is 15.9 Å². The lowest BCUT2D eigenvalue weighted by Crippen LogP contribution is -2.05. The highest BCUT2D eigenvalue weighted by Crippen LogP contribution is 2.28. The summed E-state index contributed by atoms with van der Waals surface area (Å²) in [6.07, 6.45) is 2.49. The third-order valence-electron chi connectivity index (χ3n) is 3.01. The summed E-state index contributed by atoms with van der Waals surface area (Å²) in [5.41, 5.74) is 0.774. The highest BCUT2D eigenvalue weighted by Gasteiger charge is 2.09. The van der Waals surface area contributed by atoms with E-state index in [1.807, 2.05) is 25.1 Å². The molecule has 21 heavy (non-hydrogen) atoms. The van der Waals surface area contributed by atoms with Crippen molar-refractivity contribution in [3.05, 3.63) is 28.2 Å². The normalized spacial score (nSPS) is 12.0. The molecule has 4 nitrogen and oxygen atoms in total. The number of carbonyl (C=O) groups excluding carboxylic acids is 1. The van der Waals surface area contributed by atoms with Gasteiger partial charge in [-0.3, -0.25) is 4.79 Å². The number of carbonyl (C=O) groups is 1. The Bertz CT molecular complexity index is 446. The summed E-state index contributed by atoms with van der Waals surface area (Å²) in [5.74, 6) is 0.571. The third-order valence-corrected chi connectivity index (χ3v) is 3.50. The predicted molar refractivity (Wildman–Crippen MR) is 85.4 cm³/mol. The fourth-order valence-electron chi connectivity index (χ4n) is 1.94. The molecule has 1 aromatic carbocycles. The van der Waals surface area contributed by atoms with Gasteiger partial charge in [-0.25, -0.2) is 0 Å². The van der Waals surface area contributed by atoms with Gasteiger partial charge in [-0.2, -0.15) is 0 Å². The van der Waals surface area contributed by atoms with E-state index in [2.05, 4.69) is 15.9 Å². The summed E-state index contributed by atoms with van der Waals surface area (Å²) in [6.45, 7) is 4.54. The van der Waals surface area contributed by atoms with Gasteiger partial charge in [0.25, 0.3) is 0 Å². The van der Waals surface area contributed by atoms with Crippen molar-refractivity contribution >= 4 is 21.9 Å². The Labute approximate surface area is 134 Å². The second-order valence-electron chi connectivity index (χ2n) is 4.82. The lowest BCUT2D eigenvalue weighted by molar-refractivity contribution is -0.143. The van der Waals surface area contributed by atoms with Gasteiger partial charge in [0.05, 0.1) is 19.3 Å². The number of hydrogen-bond donors (Lipinski definition) is 1. The first-order valence-electron chi connectivity index (χ1n) is 7.30. The number of hydrogen-bond acceptors (Lipinski definition) is 4. The molecule has 0 bridgehead atoms. The molecule has 0 amide bonds. The monoisotopic (exact) mass is 358 g/mol. The van der Waals surface area contributed by atoms with Crippen LogP contribution < -0.4 is 4.74 Å². The molecule has 0 aliphatic rings. The van der Waals surface area contributed by atoms with Gasteiger partial charge in [0, 0.05) is 16.5 Å². The molecule has 1 N–H and O–H groups in total. The summed E-state index contributed by atoms with van der Waals surface area (Å²) in [4.78, 5) is 11.2. The van der Waals surface area contributed by atoms with E-state index >= 15 is 0 Å². The molecule has 0 heterocycles. The lowest BCUT2D eigenvalue weighted by atomic mass is 10.1. The van der Waals surface area contributed by atoms with Crippen LogP contribution in [-0.4, -0.2) is 24.3 Å². The molecular weight excluding hydrogens is 336 g/mol. The molecule has 1 atom stereocenters.